The number of thioether (sulfide) groups is 1. The number of para-hydroxylation sites is 1. The van der Waals surface area contributed by atoms with Crippen LogP contribution in [-0.4, -0.2) is 24.6 Å². The van der Waals surface area contributed by atoms with Crippen LogP contribution < -0.4 is 4.90 Å². The molecule has 1 aliphatic heterocycles. The van der Waals surface area contributed by atoms with Gasteiger partial charge in [0.2, 0.25) is 0 Å². The van der Waals surface area contributed by atoms with Crippen molar-refractivity contribution in [1.82, 2.24) is 0 Å². The lowest BCUT2D eigenvalue weighted by Gasteiger charge is -2.50. The topological polar surface area (TPSA) is 3.24 Å². The fourth-order valence-electron chi connectivity index (χ4n) is 3.23. The zero-order chi connectivity index (χ0) is 11.0. The molecular weight excluding hydrogens is 214 g/mol. The normalized spacial score (nSPS) is 27.1. The van der Waals surface area contributed by atoms with Gasteiger partial charge in [-0.05, 0) is 37.7 Å². The summed E-state index contributed by atoms with van der Waals surface area (Å²) >= 11 is 2.06. The van der Waals surface area contributed by atoms with Crippen molar-refractivity contribution in [2.45, 2.75) is 24.5 Å². The summed E-state index contributed by atoms with van der Waals surface area (Å²) in [5, 5.41) is 0.929. The predicted molar refractivity (Wildman–Crippen MR) is 72.2 cm³/mol. The largest absolute Gasteiger partial charge is 0.370 e. The Hall–Kier alpha value is -0.630. The van der Waals surface area contributed by atoms with Crippen molar-refractivity contribution in [2.24, 2.45) is 5.41 Å². The molecule has 0 N–H and O–H groups in total. The number of hydrogen-bond acceptors (Lipinski definition) is 2. The van der Waals surface area contributed by atoms with Crippen LogP contribution in [0.2, 0.25) is 0 Å². The summed E-state index contributed by atoms with van der Waals surface area (Å²) in [6.07, 6.45) is 6.58. The monoisotopic (exact) mass is 233 g/mol. The number of nitrogens with zero attached hydrogens (tertiary/aromatic N) is 1. The van der Waals surface area contributed by atoms with Crippen LogP contribution in [0.5, 0.6) is 0 Å². The highest BCUT2D eigenvalue weighted by molar-refractivity contribution is 7.99. The van der Waals surface area contributed by atoms with Crippen LogP contribution in [0.15, 0.2) is 30.3 Å². The van der Waals surface area contributed by atoms with Crippen LogP contribution in [-0.2, 0) is 0 Å². The van der Waals surface area contributed by atoms with Crippen LogP contribution in [0, 0.1) is 5.41 Å². The number of rotatable bonds is 2. The van der Waals surface area contributed by atoms with Crippen molar-refractivity contribution in [3.63, 3.8) is 0 Å². The second kappa shape index (κ2) is 3.99. The molecular formula is C14H19NS. The molecule has 1 aromatic carbocycles. The van der Waals surface area contributed by atoms with Gasteiger partial charge in [0, 0.05) is 29.4 Å². The average molecular weight is 233 g/mol. The van der Waals surface area contributed by atoms with Gasteiger partial charge in [0.05, 0.1) is 0 Å². The minimum Gasteiger partial charge on any atom is -0.370 e. The third kappa shape index (κ3) is 1.73. The zero-order valence-corrected chi connectivity index (χ0v) is 10.7. The van der Waals surface area contributed by atoms with Gasteiger partial charge < -0.3 is 4.90 Å². The second-order valence-electron chi connectivity index (χ2n) is 5.29. The lowest BCUT2D eigenvalue weighted by molar-refractivity contribution is 0.222. The van der Waals surface area contributed by atoms with Crippen molar-refractivity contribution in [1.29, 1.82) is 0 Å². The lowest BCUT2D eigenvalue weighted by Crippen LogP contribution is -2.55. The highest BCUT2D eigenvalue weighted by Gasteiger charge is 2.47. The van der Waals surface area contributed by atoms with Gasteiger partial charge >= 0.3 is 0 Å². The van der Waals surface area contributed by atoms with E-state index in [2.05, 4.69) is 53.2 Å². The van der Waals surface area contributed by atoms with Gasteiger partial charge in [0.25, 0.3) is 0 Å². The maximum Gasteiger partial charge on any atom is 0.0366 e. The first-order chi connectivity index (χ1) is 7.81. The average Bonchev–Trinajstić information content (AvgIpc) is 2.72. The maximum atomic E-state index is 2.53. The first-order valence-electron chi connectivity index (χ1n) is 6.14. The van der Waals surface area contributed by atoms with Crippen LogP contribution in [0.4, 0.5) is 5.69 Å². The molecule has 3 rings (SSSR count). The molecule has 0 aromatic heterocycles. The molecule has 0 amide bonds. The van der Waals surface area contributed by atoms with E-state index in [9.17, 15) is 0 Å². The molecule has 86 valence electrons. The molecule has 1 nitrogen and oxygen atoms in total. The fourth-order valence-corrected chi connectivity index (χ4v) is 4.10. The van der Waals surface area contributed by atoms with Crippen molar-refractivity contribution in [2.75, 3.05) is 24.2 Å². The van der Waals surface area contributed by atoms with Crippen LogP contribution in [0.25, 0.3) is 0 Å². The fraction of sp³-hybridized carbons (Fsp3) is 0.571. The molecule has 1 aliphatic carbocycles. The summed E-state index contributed by atoms with van der Waals surface area (Å²) in [6, 6.07) is 10.8. The Bertz CT molecular complexity index is 356. The summed E-state index contributed by atoms with van der Waals surface area (Å²) in [6.45, 7) is 2.57. The molecule has 1 aromatic rings. The van der Waals surface area contributed by atoms with E-state index in [-0.39, 0.29) is 0 Å². The highest BCUT2D eigenvalue weighted by Crippen LogP contribution is 2.49. The van der Waals surface area contributed by atoms with Crippen LogP contribution >= 0.6 is 11.8 Å². The Balaban J connectivity index is 1.63. The van der Waals surface area contributed by atoms with Crippen LogP contribution in [0.3, 0.4) is 0 Å². The van der Waals surface area contributed by atoms with Crippen LogP contribution in [0.1, 0.15) is 19.3 Å². The quantitative estimate of drug-likeness (QED) is 0.770. The molecule has 0 bridgehead atoms. The smallest absolute Gasteiger partial charge is 0.0366 e. The van der Waals surface area contributed by atoms with Crippen molar-refractivity contribution < 1.29 is 0 Å². The van der Waals surface area contributed by atoms with Gasteiger partial charge in [-0.25, -0.2) is 0 Å². The molecule has 1 saturated carbocycles. The van der Waals surface area contributed by atoms with Gasteiger partial charge in [-0.3, -0.25) is 0 Å². The van der Waals surface area contributed by atoms with Gasteiger partial charge in [-0.15, -0.1) is 0 Å². The molecule has 1 unspecified atom stereocenters. The molecule has 2 fully saturated rings. The van der Waals surface area contributed by atoms with Gasteiger partial charge in [-0.1, -0.05) is 18.2 Å². The van der Waals surface area contributed by atoms with E-state index in [0.29, 0.717) is 5.41 Å². The molecule has 2 heteroatoms. The number of benzene rings is 1. The standard InChI is InChI=1S/C14H19NS/c1-16-13-7-8-14(9-13)10-15(11-14)12-5-3-2-4-6-12/h2-6,13H,7-11H2,1H3. The lowest BCUT2D eigenvalue weighted by atomic mass is 9.78. The van der Waals surface area contributed by atoms with Gasteiger partial charge in [-0.2, -0.15) is 11.8 Å². The number of anilines is 1. The second-order valence-corrected chi connectivity index (χ2v) is 6.43. The van der Waals surface area contributed by atoms with E-state index in [0.717, 1.165) is 5.25 Å². The third-order valence-electron chi connectivity index (χ3n) is 4.16. The zero-order valence-electron chi connectivity index (χ0n) is 9.86. The van der Waals surface area contributed by atoms with Crippen molar-refractivity contribution >= 4 is 17.4 Å². The Labute approximate surface area is 102 Å². The van der Waals surface area contributed by atoms with Gasteiger partial charge in [0.1, 0.15) is 0 Å². The first-order valence-corrected chi connectivity index (χ1v) is 7.43. The van der Waals surface area contributed by atoms with E-state index in [1.165, 1.54) is 38.0 Å². The molecule has 1 heterocycles. The summed E-state index contributed by atoms with van der Waals surface area (Å²) in [5.74, 6) is 0. The Morgan fingerprint density at radius 3 is 2.62 bits per heavy atom. The molecule has 16 heavy (non-hydrogen) atoms. The summed E-state index contributed by atoms with van der Waals surface area (Å²) in [5.41, 5.74) is 2.07. The summed E-state index contributed by atoms with van der Waals surface area (Å²) < 4.78 is 0. The first kappa shape index (κ1) is 10.5. The molecule has 1 saturated heterocycles. The van der Waals surface area contributed by atoms with Crippen molar-refractivity contribution in [3.8, 4) is 0 Å². The number of hydrogen-bond donors (Lipinski definition) is 0. The van der Waals surface area contributed by atoms with Crippen molar-refractivity contribution in [3.05, 3.63) is 30.3 Å². The van der Waals surface area contributed by atoms with E-state index < -0.39 is 0 Å². The van der Waals surface area contributed by atoms with E-state index in [1.807, 2.05) is 0 Å². The molecule has 1 atom stereocenters. The SMILES string of the molecule is CSC1CCC2(C1)CN(c1ccccc1)C2. The molecule has 1 spiro atoms. The Kier molecular flexibility index (Phi) is 2.62. The predicted octanol–water partition coefficient (Wildman–Crippen LogP) is 3.41. The van der Waals surface area contributed by atoms with E-state index >= 15 is 0 Å². The molecule has 2 aliphatic rings. The Morgan fingerprint density at radius 2 is 2.00 bits per heavy atom. The summed E-state index contributed by atoms with van der Waals surface area (Å²) in [7, 11) is 0. The Morgan fingerprint density at radius 1 is 1.25 bits per heavy atom. The third-order valence-corrected chi connectivity index (χ3v) is 5.23. The van der Waals surface area contributed by atoms with E-state index in [4.69, 9.17) is 0 Å². The minimum absolute atomic E-state index is 0.670. The minimum atomic E-state index is 0.670. The van der Waals surface area contributed by atoms with Gasteiger partial charge in [0.15, 0.2) is 0 Å². The molecule has 0 radical (unpaired) electrons. The maximum absolute atomic E-state index is 2.53. The highest BCUT2D eigenvalue weighted by atomic mass is 32.2. The summed E-state index contributed by atoms with van der Waals surface area (Å²) in [4.78, 5) is 2.53. The van der Waals surface area contributed by atoms with E-state index in [1.54, 1.807) is 0 Å².